The molecule has 92 valence electrons. The largest absolute Gasteiger partial charge is 0.496 e. The summed E-state index contributed by atoms with van der Waals surface area (Å²) < 4.78 is 5.17. The van der Waals surface area contributed by atoms with Crippen molar-refractivity contribution in [2.75, 3.05) is 7.11 Å². The highest BCUT2D eigenvalue weighted by atomic mass is 16.5. The second-order valence-corrected chi connectivity index (χ2v) is 4.20. The van der Waals surface area contributed by atoms with E-state index in [2.05, 4.69) is 6.07 Å². The van der Waals surface area contributed by atoms with Crippen LogP contribution < -0.4 is 4.74 Å². The SMILES string of the molecule is CCCC(C#N)C(O)c1ccc(OC)c(C)c1. The van der Waals surface area contributed by atoms with Gasteiger partial charge in [-0.25, -0.2) is 0 Å². The normalized spacial score (nSPS) is 13.8. The van der Waals surface area contributed by atoms with Crippen LogP contribution >= 0.6 is 0 Å². The summed E-state index contributed by atoms with van der Waals surface area (Å²) >= 11 is 0. The number of aryl methyl sites for hydroxylation is 1. The van der Waals surface area contributed by atoms with Gasteiger partial charge in [0.05, 0.1) is 25.2 Å². The molecule has 3 nitrogen and oxygen atoms in total. The third-order valence-corrected chi connectivity index (χ3v) is 2.91. The summed E-state index contributed by atoms with van der Waals surface area (Å²) in [4.78, 5) is 0. The van der Waals surface area contributed by atoms with Crippen LogP contribution in [0.1, 0.15) is 37.0 Å². The molecule has 0 bridgehead atoms. The number of hydrogen-bond donors (Lipinski definition) is 1. The Morgan fingerprint density at radius 1 is 1.47 bits per heavy atom. The molecule has 0 heterocycles. The molecule has 0 spiro atoms. The molecule has 0 saturated heterocycles. The van der Waals surface area contributed by atoms with E-state index in [0.29, 0.717) is 6.42 Å². The summed E-state index contributed by atoms with van der Waals surface area (Å²) in [5.41, 5.74) is 1.75. The highest BCUT2D eigenvalue weighted by molar-refractivity contribution is 5.37. The monoisotopic (exact) mass is 233 g/mol. The number of ether oxygens (including phenoxy) is 1. The lowest BCUT2D eigenvalue weighted by molar-refractivity contribution is 0.130. The average molecular weight is 233 g/mol. The molecule has 0 aliphatic rings. The molecular formula is C14H19NO2. The van der Waals surface area contributed by atoms with Crippen molar-refractivity contribution in [3.05, 3.63) is 29.3 Å². The number of nitrogens with zero attached hydrogens (tertiary/aromatic N) is 1. The van der Waals surface area contributed by atoms with Gasteiger partial charge in [-0.15, -0.1) is 0 Å². The summed E-state index contributed by atoms with van der Waals surface area (Å²) in [6, 6.07) is 7.69. The van der Waals surface area contributed by atoms with Crippen molar-refractivity contribution in [3.63, 3.8) is 0 Å². The van der Waals surface area contributed by atoms with E-state index >= 15 is 0 Å². The van der Waals surface area contributed by atoms with Gasteiger partial charge in [-0.1, -0.05) is 19.4 Å². The topological polar surface area (TPSA) is 53.2 Å². The van der Waals surface area contributed by atoms with Crippen molar-refractivity contribution >= 4 is 0 Å². The third kappa shape index (κ3) is 3.21. The van der Waals surface area contributed by atoms with Crippen molar-refractivity contribution < 1.29 is 9.84 Å². The second-order valence-electron chi connectivity index (χ2n) is 4.20. The molecule has 0 aliphatic carbocycles. The number of hydrogen-bond acceptors (Lipinski definition) is 3. The zero-order valence-corrected chi connectivity index (χ0v) is 10.6. The predicted molar refractivity (Wildman–Crippen MR) is 66.7 cm³/mol. The average Bonchev–Trinajstić information content (AvgIpc) is 2.35. The van der Waals surface area contributed by atoms with Crippen LogP contribution in [0.15, 0.2) is 18.2 Å². The fourth-order valence-corrected chi connectivity index (χ4v) is 1.92. The summed E-state index contributed by atoms with van der Waals surface area (Å²) in [6.45, 7) is 3.94. The Morgan fingerprint density at radius 2 is 2.18 bits per heavy atom. The third-order valence-electron chi connectivity index (χ3n) is 2.91. The maximum Gasteiger partial charge on any atom is 0.121 e. The minimum Gasteiger partial charge on any atom is -0.496 e. The first-order valence-corrected chi connectivity index (χ1v) is 5.86. The molecule has 0 amide bonds. The predicted octanol–water partition coefficient (Wildman–Crippen LogP) is 2.98. The van der Waals surface area contributed by atoms with Crippen LogP contribution in [0, 0.1) is 24.2 Å². The van der Waals surface area contributed by atoms with Crippen molar-refractivity contribution in [3.8, 4) is 11.8 Å². The fraction of sp³-hybridized carbons (Fsp3) is 0.500. The molecule has 1 aromatic rings. The van der Waals surface area contributed by atoms with E-state index in [9.17, 15) is 5.11 Å². The van der Waals surface area contributed by atoms with Crippen molar-refractivity contribution in [2.45, 2.75) is 32.8 Å². The van der Waals surface area contributed by atoms with Gasteiger partial charge in [-0.2, -0.15) is 5.26 Å². The van der Waals surface area contributed by atoms with Gasteiger partial charge in [-0.3, -0.25) is 0 Å². The van der Waals surface area contributed by atoms with E-state index in [4.69, 9.17) is 10.00 Å². The number of aliphatic hydroxyl groups excluding tert-OH is 1. The first-order chi connectivity index (χ1) is 8.13. The number of nitriles is 1. The van der Waals surface area contributed by atoms with Crippen LogP contribution in [0.3, 0.4) is 0 Å². The summed E-state index contributed by atoms with van der Waals surface area (Å²) in [5.74, 6) is 0.456. The number of methoxy groups -OCH3 is 1. The molecule has 0 radical (unpaired) electrons. The van der Waals surface area contributed by atoms with Crippen molar-refractivity contribution in [2.24, 2.45) is 5.92 Å². The van der Waals surface area contributed by atoms with Crippen LogP contribution in [0.5, 0.6) is 5.75 Å². The van der Waals surface area contributed by atoms with Crippen molar-refractivity contribution in [1.29, 1.82) is 5.26 Å². The van der Waals surface area contributed by atoms with Gasteiger partial charge in [0.1, 0.15) is 5.75 Å². The Labute approximate surface area is 103 Å². The van der Waals surface area contributed by atoms with Gasteiger partial charge < -0.3 is 9.84 Å². The molecule has 1 N–H and O–H groups in total. The minimum absolute atomic E-state index is 0.340. The lowest BCUT2D eigenvalue weighted by Crippen LogP contribution is -2.11. The van der Waals surface area contributed by atoms with Crippen LogP contribution in [-0.4, -0.2) is 12.2 Å². The van der Waals surface area contributed by atoms with Crippen LogP contribution in [0.2, 0.25) is 0 Å². The molecule has 2 unspecified atom stereocenters. The van der Waals surface area contributed by atoms with E-state index in [1.54, 1.807) is 7.11 Å². The van der Waals surface area contributed by atoms with E-state index in [1.807, 2.05) is 32.0 Å². The number of benzene rings is 1. The maximum absolute atomic E-state index is 10.1. The Balaban J connectivity index is 2.92. The Morgan fingerprint density at radius 3 is 2.65 bits per heavy atom. The molecule has 0 saturated carbocycles. The standard InChI is InChI=1S/C14H19NO2/c1-4-5-12(9-15)14(16)11-6-7-13(17-3)10(2)8-11/h6-8,12,14,16H,4-5H2,1-3H3. The molecule has 1 aromatic carbocycles. The van der Waals surface area contributed by atoms with E-state index in [-0.39, 0.29) is 5.92 Å². The molecule has 0 aliphatic heterocycles. The summed E-state index contributed by atoms with van der Waals surface area (Å²) in [6.07, 6.45) is 0.886. The van der Waals surface area contributed by atoms with Gasteiger partial charge >= 0.3 is 0 Å². The van der Waals surface area contributed by atoms with E-state index in [0.717, 1.165) is 23.3 Å². The maximum atomic E-state index is 10.1. The summed E-state index contributed by atoms with van der Waals surface area (Å²) in [5, 5.41) is 19.2. The van der Waals surface area contributed by atoms with Gasteiger partial charge in [0.2, 0.25) is 0 Å². The zero-order chi connectivity index (χ0) is 12.8. The first kappa shape index (κ1) is 13.5. The van der Waals surface area contributed by atoms with Crippen LogP contribution in [0.4, 0.5) is 0 Å². The highest BCUT2D eigenvalue weighted by Gasteiger charge is 2.20. The van der Waals surface area contributed by atoms with Gasteiger partial charge in [0.25, 0.3) is 0 Å². The lowest BCUT2D eigenvalue weighted by Gasteiger charge is -2.17. The molecule has 3 heteroatoms. The smallest absolute Gasteiger partial charge is 0.121 e. The molecule has 0 fully saturated rings. The summed E-state index contributed by atoms with van der Waals surface area (Å²) in [7, 11) is 1.62. The van der Waals surface area contributed by atoms with Crippen LogP contribution in [0.25, 0.3) is 0 Å². The quantitative estimate of drug-likeness (QED) is 0.850. The molecule has 1 rings (SSSR count). The van der Waals surface area contributed by atoms with Crippen molar-refractivity contribution in [1.82, 2.24) is 0 Å². The zero-order valence-electron chi connectivity index (χ0n) is 10.6. The lowest BCUT2D eigenvalue weighted by atomic mass is 9.92. The van der Waals surface area contributed by atoms with Gasteiger partial charge in [-0.05, 0) is 36.6 Å². The molecular weight excluding hydrogens is 214 g/mol. The van der Waals surface area contributed by atoms with Gasteiger partial charge in [0.15, 0.2) is 0 Å². The highest BCUT2D eigenvalue weighted by Crippen LogP contribution is 2.28. The minimum atomic E-state index is -0.718. The molecule has 2 atom stereocenters. The Kier molecular flexibility index (Phi) is 4.99. The number of aliphatic hydroxyl groups is 1. The Bertz CT molecular complexity index is 409. The number of rotatable bonds is 5. The van der Waals surface area contributed by atoms with E-state index < -0.39 is 6.10 Å². The fourth-order valence-electron chi connectivity index (χ4n) is 1.92. The van der Waals surface area contributed by atoms with Gasteiger partial charge in [0, 0.05) is 0 Å². The second kappa shape index (κ2) is 6.27. The molecule has 0 aromatic heterocycles. The Hall–Kier alpha value is -1.53. The van der Waals surface area contributed by atoms with Crippen LogP contribution in [-0.2, 0) is 0 Å². The van der Waals surface area contributed by atoms with E-state index in [1.165, 1.54) is 0 Å². The first-order valence-electron chi connectivity index (χ1n) is 5.86. The molecule has 17 heavy (non-hydrogen) atoms.